The van der Waals surface area contributed by atoms with Gasteiger partial charge in [0.15, 0.2) is 0 Å². The van der Waals surface area contributed by atoms with Crippen LogP contribution in [0.4, 0.5) is 0 Å². The minimum atomic E-state index is -0.499. The quantitative estimate of drug-likeness (QED) is 0.731. The molecule has 0 amide bonds. The average Bonchev–Trinajstić information content (AvgIpc) is 2.14. The van der Waals surface area contributed by atoms with Crippen molar-refractivity contribution >= 4 is 0 Å². The monoisotopic (exact) mass is 199 g/mol. The Morgan fingerprint density at radius 2 is 2.07 bits per heavy atom. The number of nitrogens with two attached hydrogens (primary N) is 1. The first kappa shape index (κ1) is 12.0. The van der Waals surface area contributed by atoms with E-state index in [1.807, 2.05) is 0 Å². The Morgan fingerprint density at radius 1 is 1.43 bits per heavy atom. The Morgan fingerprint density at radius 3 is 2.57 bits per heavy atom. The largest absolute Gasteiger partial charge is 0.389 e. The zero-order valence-electron chi connectivity index (χ0n) is 9.79. The highest BCUT2D eigenvalue weighted by Crippen LogP contribution is 2.42. The molecule has 1 aliphatic rings. The van der Waals surface area contributed by atoms with Gasteiger partial charge >= 0.3 is 0 Å². The maximum atomic E-state index is 10.7. The molecule has 4 atom stereocenters. The normalized spacial score (nSPS) is 40.9. The van der Waals surface area contributed by atoms with Crippen molar-refractivity contribution in [2.75, 3.05) is 6.54 Å². The Labute approximate surface area is 87.9 Å². The topological polar surface area (TPSA) is 46.2 Å². The molecular formula is C12H25NO. The molecule has 0 aromatic heterocycles. The zero-order valence-corrected chi connectivity index (χ0v) is 9.79. The predicted octanol–water partition coefficient (Wildman–Crippen LogP) is 2.16. The molecule has 0 aliphatic heterocycles. The summed E-state index contributed by atoms with van der Waals surface area (Å²) in [7, 11) is 0. The lowest BCUT2D eigenvalue weighted by Crippen LogP contribution is -2.50. The molecule has 1 rings (SSSR count). The van der Waals surface area contributed by atoms with E-state index in [9.17, 15) is 5.11 Å². The highest BCUT2D eigenvalue weighted by Gasteiger charge is 2.43. The van der Waals surface area contributed by atoms with Gasteiger partial charge in [0, 0.05) is 0 Å². The summed E-state index contributed by atoms with van der Waals surface area (Å²) in [6, 6.07) is 0. The van der Waals surface area contributed by atoms with Crippen molar-refractivity contribution in [3.63, 3.8) is 0 Å². The maximum Gasteiger partial charge on any atom is 0.0715 e. The second-order valence-corrected chi connectivity index (χ2v) is 5.12. The summed E-state index contributed by atoms with van der Waals surface area (Å²) < 4.78 is 0. The molecule has 0 bridgehead atoms. The summed E-state index contributed by atoms with van der Waals surface area (Å²) in [6.45, 7) is 7.15. The SMILES string of the molecule is CCC(CN)C1(O)CC(C)CCC1C. The van der Waals surface area contributed by atoms with E-state index in [2.05, 4.69) is 20.8 Å². The molecule has 0 heterocycles. The van der Waals surface area contributed by atoms with Crippen molar-refractivity contribution in [1.29, 1.82) is 0 Å². The highest BCUT2D eigenvalue weighted by atomic mass is 16.3. The Kier molecular flexibility index (Phi) is 3.96. The van der Waals surface area contributed by atoms with E-state index in [1.54, 1.807) is 0 Å². The zero-order chi connectivity index (χ0) is 10.8. The van der Waals surface area contributed by atoms with Crippen LogP contribution in [0.3, 0.4) is 0 Å². The molecule has 2 heteroatoms. The molecule has 0 aromatic carbocycles. The van der Waals surface area contributed by atoms with Gasteiger partial charge in [-0.05, 0) is 43.6 Å². The van der Waals surface area contributed by atoms with E-state index >= 15 is 0 Å². The first-order valence-corrected chi connectivity index (χ1v) is 5.97. The van der Waals surface area contributed by atoms with Crippen LogP contribution in [0.1, 0.15) is 46.5 Å². The lowest BCUT2D eigenvalue weighted by Gasteiger charge is -2.45. The lowest BCUT2D eigenvalue weighted by molar-refractivity contribution is -0.100. The van der Waals surface area contributed by atoms with Crippen LogP contribution in [0.2, 0.25) is 0 Å². The van der Waals surface area contributed by atoms with E-state index < -0.39 is 5.60 Å². The van der Waals surface area contributed by atoms with Crippen molar-refractivity contribution < 1.29 is 5.11 Å². The van der Waals surface area contributed by atoms with Crippen molar-refractivity contribution in [3.8, 4) is 0 Å². The van der Waals surface area contributed by atoms with Crippen molar-refractivity contribution in [3.05, 3.63) is 0 Å². The average molecular weight is 199 g/mol. The third kappa shape index (κ3) is 2.12. The van der Waals surface area contributed by atoms with E-state index in [-0.39, 0.29) is 5.92 Å². The van der Waals surface area contributed by atoms with Gasteiger partial charge in [0.2, 0.25) is 0 Å². The van der Waals surface area contributed by atoms with Gasteiger partial charge in [-0.1, -0.05) is 27.2 Å². The Balaban J connectivity index is 2.76. The van der Waals surface area contributed by atoms with Gasteiger partial charge < -0.3 is 10.8 Å². The van der Waals surface area contributed by atoms with E-state index in [4.69, 9.17) is 5.73 Å². The first-order valence-electron chi connectivity index (χ1n) is 5.97. The van der Waals surface area contributed by atoms with Gasteiger partial charge in [-0.3, -0.25) is 0 Å². The highest BCUT2D eigenvalue weighted by molar-refractivity contribution is 4.95. The molecule has 84 valence electrons. The van der Waals surface area contributed by atoms with Crippen LogP contribution in [0.5, 0.6) is 0 Å². The van der Waals surface area contributed by atoms with Crippen molar-refractivity contribution in [1.82, 2.24) is 0 Å². The minimum absolute atomic E-state index is 0.278. The molecule has 3 N–H and O–H groups in total. The molecule has 2 nitrogen and oxygen atoms in total. The number of rotatable bonds is 3. The number of hydrogen-bond acceptors (Lipinski definition) is 2. The lowest BCUT2D eigenvalue weighted by atomic mass is 9.65. The van der Waals surface area contributed by atoms with Crippen LogP contribution in [-0.4, -0.2) is 17.3 Å². The molecule has 4 unspecified atom stereocenters. The van der Waals surface area contributed by atoms with Crippen LogP contribution in [-0.2, 0) is 0 Å². The maximum absolute atomic E-state index is 10.7. The first-order chi connectivity index (χ1) is 6.54. The fraction of sp³-hybridized carbons (Fsp3) is 1.00. The van der Waals surface area contributed by atoms with E-state index in [1.165, 1.54) is 6.42 Å². The summed E-state index contributed by atoms with van der Waals surface area (Å²) in [6.07, 6.45) is 4.33. The molecule has 1 aliphatic carbocycles. The van der Waals surface area contributed by atoms with Gasteiger partial charge in [-0.25, -0.2) is 0 Å². The Hall–Kier alpha value is -0.0800. The van der Waals surface area contributed by atoms with Gasteiger partial charge in [-0.2, -0.15) is 0 Å². The standard InChI is InChI=1S/C12H25NO/c1-4-11(8-13)12(14)7-9(2)5-6-10(12)3/h9-11,14H,4-8,13H2,1-3H3. The number of aliphatic hydroxyl groups is 1. The fourth-order valence-corrected chi connectivity index (χ4v) is 2.94. The molecular weight excluding hydrogens is 174 g/mol. The second-order valence-electron chi connectivity index (χ2n) is 5.12. The van der Waals surface area contributed by atoms with Crippen LogP contribution >= 0.6 is 0 Å². The van der Waals surface area contributed by atoms with Crippen molar-refractivity contribution in [2.45, 2.75) is 52.1 Å². The molecule has 0 aromatic rings. The molecule has 0 saturated heterocycles. The summed E-state index contributed by atoms with van der Waals surface area (Å²) >= 11 is 0. The number of hydrogen-bond donors (Lipinski definition) is 2. The molecule has 14 heavy (non-hydrogen) atoms. The van der Waals surface area contributed by atoms with Crippen LogP contribution in [0.15, 0.2) is 0 Å². The fourth-order valence-electron chi connectivity index (χ4n) is 2.94. The second kappa shape index (κ2) is 4.63. The van der Waals surface area contributed by atoms with Gasteiger partial charge in [-0.15, -0.1) is 0 Å². The minimum Gasteiger partial charge on any atom is -0.389 e. The predicted molar refractivity (Wildman–Crippen MR) is 60.0 cm³/mol. The summed E-state index contributed by atoms with van der Waals surface area (Å²) in [5, 5.41) is 10.7. The third-order valence-electron chi connectivity index (χ3n) is 4.11. The van der Waals surface area contributed by atoms with Crippen LogP contribution in [0, 0.1) is 17.8 Å². The van der Waals surface area contributed by atoms with Gasteiger partial charge in [0.1, 0.15) is 0 Å². The Bertz CT molecular complexity index is 179. The van der Waals surface area contributed by atoms with E-state index in [0.717, 1.165) is 19.3 Å². The molecule has 0 spiro atoms. The summed E-state index contributed by atoms with van der Waals surface area (Å²) in [5.74, 6) is 1.34. The smallest absolute Gasteiger partial charge is 0.0715 e. The van der Waals surface area contributed by atoms with Gasteiger partial charge in [0.25, 0.3) is 0 Å². The molecule has 1 saturated carbocycles. The summed E-state index contributed by atoms with van der Waals surface area (Å²) in [4.78, 5) is 0. The summed E-state index contributed by atoms with van der Waals surface area (Å²) in [5.41, 5.74) is 5.25. The van der Waals surface area contributed by atoms with E-state index in [0.29, 0.717) is 18.4 Å². The molecule has 0 radical (unpaired) electrons. The van der Waals surface area contributed by atoms with Crippen LogP contribution < -0.4 is 5.73 Å². The van der Waals surface area contributed by atoms with Crippen LogP contribution in [0.25, 0.3) is 0 Å². The van der Waals surface area contributed by atoms with Crippen molar-refractivity contribution in [2.24, 2.45) is 23.5 Å². The third-order valence-corrected chi connectivity index (χ3v) is 4.11. The molecule has 1 fully saturated rings. The van der Waals surface area contributed by atoms with Gasteiger partial charge in [0.05, 0.1) is 5.60 Å².